The molecule has 10 aromatic carbocycles. The van der Waals surface area contributed by atoms with E-state index in [0.717, 1.165) is 0 Å². The molecule has 0 atom stereocenters. The Balaban J connectivity index is 0.000000169. The zero-order chi connectivity index (χ0) is 42.1. The van der Waals surface area contributed by atoms with E-state index in [1.807, 2.05) is 47.6 Å². The fourth-order valence-corrected chi connectivity index (χ4v) is 6.61. The molecule has 0 saturated carbocycles. The Morgan fingerprint density at radius 3 is 1.08 bits per heavy atom. The number of benzene rings is 10. The molecule has 10 aromatic rings. The van der Waals surface area contributed by atoms with Gasteiger partial charge >= 0.3 is 0 Å². The van der Waals surface area contributed by atoms with Gasteiger partial charge in [0.15, 0.2) is 0 Å². The Morgan fingerprint density at radius 2 is 0.576 bits per heavy atom. The van der Waals surface area contributed by atoms with Crippen LogP contribution in [0.3, 0.4) is 0 Å². The van der Waals surface area contributed by atoms with Gasteiger partial charge in [0.05, 0.1) is 0 Å². The van der Waals surface area contributed by atoms with Crippen LogP contribution >= 0.6 is 0 Å². The van der Waals surface area contributed by atoms with Crippen molar-refractivity contribution in [1.82, 2.24) is 0 Å². The monoisotopic (exact) mass is 768 g/mol. The van der Waals surface area contributed by atoms with Crippen LogP contribution in [-0.2, 0) is 0 Å². The molecule has 0 aliphatic heterocycles. The lowest BCUT2D eigenvalue weighted by molar-refractivity contribution is 1.50. The molecule has 0 heteroatoms. The van der Waals surface area contributed by atoms with Crippen molar-refractivity contribution in [1.29, 1.82) is 0 Å². The molecular formula is C59H60. The molecule has 0 radical (unpaired) electrons. The van der Waals surface area contributed by atoms with Crippen molar-refractivity contribution in [3.63, 3.8) is 0 Å². The summed E-state index contributed by atoms with van der Waals surface area (Å²) in [5.74, 6) is 0. The Kier molecular flexibility index (Phi) is 19.4. The average molecular weight is 769 g/mol. The maximum Gasteiger partial charge on any atom is -0.0105 e. The third-order valence-electron chi connectivity index (χ3n) is 9.40. The number of rotatable bonds is 2. The summed E-state index contributed by atoms with van der Waals surface area (Å²) in [5.41, 5.74) is 6.48. The lowest BCUT2D eigenvalue weighted by Crippen LogP contribution is -1.79. The summed E-state index contributed by atoms with van der Waals surface area (Å²) in [7, 11) is 0. The molecule has 0 amide bonds. The summed E-state index contributed by atoms with van der Waals surface area (Å²) in [6.45, 7) is 14.1. The SMILES string of the molecule is CC.CC.CC.Cc1cccc2ccccc12.c1ccc(-c2ccc3ccccc3c2)cc1.c1ccc(-c2cccc3ccccc23)cc1.c1ccc2ccccc2c1. The average Bonchev–Trinajstić information content (AvgIpc) is 3.34. The van der Waals surface area contributed by atoms with Crippen LogP contribution in [0.15, 0.2) is 237 Å². The van der Waals surface area contributed by atoms with E-state index >= 15 is 0 Å². The molecule has 0 spiro atoms. The predicted molar refractivity (Wildman–Crippen MR) is 265 cm³/mol. The second kappa shape index (κ2) is 25.5. The van der Waals surface area contributed by atoms with Crippen LogP contribution in [0.5, 0.6) is 0 Å². The van der Waals surface area contributed by atoms with Crippen LogP contribution in [0.25, 0.3) is 65.3 Å². The topological polar surface area (TPSA) is 0 Å². The van der Waals surface area contributed by atoms with E-state index < -0.39 is 0 Å². The second-order valence-corrected chi connectivity index (χ2v) is 13.0. The zero-order valence-electron chi connectivity index (χ0n) is 36.0. The standard InChI is InChI=1S/2C16H12.C11H10.C10H8.3C2H6/c1-2-7-13(8-3-1)16-12-6-10-14-9-4-5-11-15(14)16;1-2-6-13(7-3-1)16-11-10-14-8-4-5-9-15(14)12-16;1-9-5-4-7-10-6-2-3-8-11(9)10;1-2-6-10-8-4-3-7-9(10)5-1;3*1-2/h2*1-12H;2-8H,1H3;1-8H;3*1-2H3. The zero-order valence-corrected chi connectivity index (χ0v) is 36.0. The fourth-order valence-electron chi connectivity index (χ4n) is 6.61. The maximum atomic E-state index is 2.24. The predicted octanol–water partition coefficient (Wildman–Crippen LogP) is 18.1. The van der Waals surface area contributed by atoms with Crippen LogP contribution in [0.1, 0.15) is 47.1 Å². The molecular weight excluding hydrogens is 709 g/mol. The first kappa shape index (κ1) is 44.9. The quantitative estimate of drug-likeness (QED) is 0.164. The van der Waals surface area contributed by atoms with Gasteiger partial charge < -0.3 is 0 Å². The Morgan fingerprint density at radius 1 is 0.220 bits per heavy atom. The Bertz CT molecular complexity index is 2590. The lowest BCUT2D eigenvalue weighted by atomic mass is 9.98. The van der Waals surface area contributed by atoms with Crippen LogP contribution in [0, 0.1) is 6.92 Å². The minimum absolute atomic E-state index is 1.27. The van der Waals surface area contributed by atoms with Crippen LogP contribution in [0.4, 0.5) is 0 Å². The molecule has 10 rings (SSSR count). The third kappa shape index (κ3) is 13.1. The summed E-state index contributed by atoms with van der Waals surface area (Å²) in [6.07, 6.45) is 0. The lowest BCUT2D eigenvalue weighted by Gasteiger charge is -2.06. The maximum absolute atomic E-state index is 2.24. The third-order valence-corrected chi connectivity index (χ3v) is 9.40. The van der Waals surface area contributed by atoms with E-state index in [9.17, 15) is 0 Å². The van der Waals surface area contributed by atoms with E-state index in [4.69, 9.17) is 0 Å². The molecule has 296 valence electrons. The normalized spacial score (nSPS) is 9.61. The summed E-state index contributed by atoms with van der Waals surface area (Å²) < 4.78 is 0. The van der Waals surface area contributed by atoms with E-state index in [2.05, 4.69) is 237 Å². The number of hydrogen-bond donors (Lipinski definition) is 0. The van der Waals surface area contributed by atoms with Gasteiger partial charge in [0.25, 0.3) is 0 Å². The molecule has 0 N–H and O–H groups in total. The van der Waals surface area contributed by atoms with Crippen LogP contribution in [0.2, 0.25) is 0 Å². The van der Waals surface area contributed by atoms with Gasteiger partial charge in [-0.2, -0.15) is 0 Å². The van der Waals surface area contributed by atoms with E-state index in [-0.39, 0.29) is 0 Å². The van der Waals surface area contributed by atoms with E-state index in [1.54, 1.807) is 0 Å². The van der Waals surface area contributed by atoms with Crippen molar-refractivity contribution in [2.24, 2.45) is 0 Å². The summed E-state index contributed by atoms with van der Waals surface area (Å²) >= 11 is 0. The van der Waals surface area contributed by atoms with Crippen LogP contribution in [-0.4, -0.2) is 0 Å². The van der Waals surface area contributed by atoms with Gasteiger partial charge in [-0.25, -0.2) is 0 Å². The minimum atomic E-state index is 1.27. The molecule has 59 heavy (non-hydrogen) atoms. The summed E-state index contributed by atoms with van der Waals surface area (Å²) in [5, 5.41) is 10.5. The first-order valence-corrected chi connectivity index (χ1v) is 21.2. The molecule has 0 heterocycles. The first-order chi connectivity index (χ1) is 29.2. The number of hydrogen-bond acceptors (Lipinski definition) is 0. The van der Waals surface area contributed by atoms with Crippen molar-refractivity contribution < 1.29 is 0 Å². The van der Waals surface area contributed by atoms with Crippen molar-refractivity contribution >= 4 is 43.1 Å². The smallest absolute Gasteiger partial charge is 0.0105 e. The van der Waals surface area contributed by atoms with Crippen molar-refractivity contribution in [3.8, 4) is 22.3 Å². The fraction of sp³-hybridized carbons (Fsp3) is 0.119. The van der Waals surface area contributed by atoms with E-state index in [1.165, 1.54) is 70.9 Å². The highest BCUT2D eigenvalue weighted by Crippen LogP contribution is 2.28. The van der Waals surface area contributed by atoms with Gasteiger partial charge in [0, 0.05) is 0 Å². The van der Waals surface area contributed by atoms with Crippen molar-refractivity contribution in [3.05, 3.63) is 242 Å². The number of aryl methyl sites for hydroxylation is 1. The van der Waals surface area contributed by atoms with E-state index in [0.29, 0.717) is 0 Å². The minimum Gasteiger partial charge on any atom is -0.0683 e. The highest BCUT2D eigenvalue weighted by Gasteiger charge is 2.02. The van der Waals surface area contributed by atoms with Crippen LogP contribution < -0.4 is 0 Å². The first-order valence-electron chi connectivity index (χ1n) is 21.2. The van der Waals surface area contributed by atoms with Gasteiger partial charge in [-0.3, -0.25) is 0 Å². The summed E-state index contributed by atoms with van der Waals surface area (Å²) in [4.78, 5) is 0. The molecule has 0 unspecified atom stereocenters. The highest BCUT2D eigenvalue weighted by atomic mass is 14.1. The largest absolute Gasteiger partial charge is 0.0683 e. The second-order valence-electron chi connectivity index (χ2n) is 13.0. The Hall–Kier alpha value is -6.76. The van der Waals surface area contributed by atoms with Gasteiger partial charge in [-0.15, -0.1) is 0 Å². The summed E-state index contributed by atoms with van der Waals surface area (Å²) in [6, 6.07) is 82.5. The molecule has 0 aliphatic rings. The highest BCUT2D eigenvalue weighted by molar-refractivity contribution is 5.96. The molecule has 0 saturated heterocycles. The molecule has 0 nitrogen and oxygen atoms in total. The molecule has 0 aliphatic carbocycles. The van der Waals surface area contributed by atoms with Gasteiger partial charge in [-0.1, -0.05) is 272 Å². The van der Waals surface area contributed by atoms with Crippen molar-refractivity contribution in [2.75, 3.05) is 0 Å². The van der Waals surface area contributed by atoms with Gasteiger partial charge in [0.1, 0.15) is 0 Å². The van der Waals surface area contributed by atoms with Crippen molar-refractivity contribution in [2.45, 2.75) is 48.5 Å². The molecule has 0 fully saturated rings. The Labute approximate surface area is 354 Å². The number of fused-ring (bicyclic) bond motifs is 4. The van der Waals surface area contributed by atoms with Gasteiger partial charge in [0.2, 0.25) is 0 Å². The molecule has 0 aromatic heterocycles. The van der Waals surface area contributed by atoms with Gasteiger partial charge in [-0.05, 0) is 83.9 Å². The molecule has 0 bridgehead atoms.